The predicted octanol–water partition coefficient (Wildman–Crippen LogP) is 7.32. The minimum Gasteiger partial charge on any atom is -0.494 e. The van der Waals surface area contributed by atoms with Crippen LogP contribution in [0.15, 0.2) is 78.3 Å². The Bertz CT molecular complexity index is 2560. The number of rotatable bonds is 14. The Morgan fingerprint density at radius 1 is 0.844 bits per heavy atom. The molecule has 2 aromatic heterocycles. The van der Waals surface area contributed by atoms with Gasteiger partial charge in [-0.2, -0.15) is 5.10 Å². The monoisotopic (exact) mass is 873 g/mol. The zero-order valence-electron chi connectivity index (χ0n) is 36.2. The first-order valence-electron chi connectivity index (χ1n) is 22.0. The molecular formula is C48H52FN7O8. The molecule has 2 saturated carbocycles. The van der Waals surface area contributed by atoms with Crippen LogP contribution in [0, 0.1) is 23.6 Å². The second-order valence-corrected chi connectivity index (χ2v) is 16.9. The average molecular weight is 874 g/mol. The number of hydrazone groups is 1. The highest BCUT2D eigenvalue weighted by Crippen LogP contribution is 2.42. The van der Waals surface area contributed by atoms with Crippen LogP contribution in [0.25, 0.3) is 22.3 Å². The lowest BCUT2D eigenvalue weighted by Gasteiger charge is -2.43. The zero-order valence-corrected chi connectivity index (χ0v) is 36.2. The maximum atomic E-state index is 14.9. The summed E-state index contributed by atoms with van der Waals surface area (Å²) in [7, 11) is 4.59. The Morgan fingerprint density at radius 3 is 2.33 bits per heavy atom. The lowest BCUT2D eigenvalue weighted by Crippen LogP contribution is -2.56. The molecule has 2 aliphatic carbocycles. The van der Waals surface area contributed by atoms with Crippen molar-refractivity contribution in [2.75, 3.05) is 41.0 Å². The van der Waals surface area contributed by atoms with Crippen molar-refractivity contribution >= 4 is 34.7 Å². The number of amides is 3. The molecule has 0 unspecified atom stereocenters. The standard InChI is InChI=1S/C48H52FN7O8/c1-60-37-16-15-30(22-40(37)62-3)42-32-11-7-8-12-33(32)46(57)56(54-42)31-17-19-55(20-18-31)47(58)36(21-28-9-5-4-6-10-28)53-48(59)64-41-25-50-45-43(51-27-52-44(41)45)34-23-39(61-2)35(49)24-38(34)63-26-29-13-14-29/h4-6,9-10,15-16,22-25,27,29,31-33,36,50H,7-8,11-14,17-21,26H2,1-3H3,(H,53,59)/t32-,33+,36+/m0/s1. The number of nitrogens with zero attached hydrogens (tertiary/aromatic N) is 5. The van der Waals surface area contributed by atoms with Crippen molar-refractivity contribution in [1.29, 1.82) is 0 Å². The van der Waals surface area contributed by atoms with Crippen LogP contribution in [0.1, 0.15) is 62.5 Å². The fraction of sp³-hybridized carbons (Fsp3) is 0.417. The summed E-state index contributed by atoms with van der Waals surface area (Å²) in [5.41, 5.74) is 4.25. The third kappa shape index (κ3) is 8.77. The Labute approximate surface area is 370 Å². The number of carbonyl (C=O) groups excluding carboxylic acids is 3. The molecule has 2 N–H and O–H groups in total. The number of carbonyl (C=O) groups is 3. The number of likely N-dealkylation sites (tertiary alicyclic amines) is 1. The highest BCUT2D eigenvalue weighted by Gasteiger charge is 2.44. The van der Waals surface area contributed by atoms with Crippen LogP contribution in [0.5, 0.6) is 28.7 Å². The normalized spacial score (nSPS) is 19.4. The number of hydrogen-bond donors (Lipinski definition) is 2. The average Bonchev–Trinajstić information content (AvgIpc) is 4.08. The molecule has 2 aliphatic heterocycles. The molecule has 0 spiro atoms. The third-order valence-electron chi connectivity index (χ3n) is 12.9. The minimum atomic E-state index is -0.964. The molecule has 16 heteroatoms. The molecule has 4 heterocycles. The molecule has 0 radical (unpaired) electrons. The van der Waals surface area contributed by atoms with Crippen LogP contribution in [0.3, 0.4) is 0 Å². The van der Waals surface area contributed by atoms with Gasteiger partial charge in [-0.05, 0) is 74.3 Å². The number of aromatic amines is 1. The number of fused-ring (bicyclic) bond motifs is 2. The molecule has 3 fully saturated rings. The van der Waals surface area contributed by atoms with Gasteiger partial charge < -0.3 is 38.9 Å². The molecule has 64 heavy (non-hydrogen) atoms. The van der Waals surface area contributed by atoms with Crippen LogP contribution in [0.4, 0.5) is 9.18 Å². The van der Waals surface area contributed by atoms with E-state index in [-0.39, 0.29) is 47.6 Å². The van der Waals surface area contributed by atoms with Gasteiger partial charge in [0.25, 0.3) is 0 Å². The number of benzene rings is 3. The van der Waals surface area contributed by atoms with E-state index in [1.54, 1.807) is 24.1 Å². The van der Waals surface area contributed by atoms with Gasteiger partial charge >= 0.3 is 6.09 Å². The van der Waals surface area contributed by atoms with Crippen LogP contribution >= 0.6 is 0 Å². The first-order chi connectivity index (χ1) is 31.2. The zero-order chi connectivity index (χ0) is 44.3. The molecule has 3 amide bonds. The summed E-state index contributed by atoms with van der Waals surface area (Å²) in [6.07, 6.45) is 9.06. The first-order valence-corrected chi connectivity index (χ1v) is 22.0. The summed E-state index contributed by atoms with van der Waals surface area (Å²) in [6.45, 7) is 1.18. The van der Waals surface area contributed by atoms with Crippen LogP contribution in [0.2, 0.25) is 0 Å². The van der Waals surface area contributed by atoms with E-state index in [9.17, 15) is 18.8 Å². The van der Waals surface area contributed by atoms with E-state index >= 15 is 0 Å². The van der Waals surface area contributed by atoms with Crippen molar-refractivity contribution in [1.82, 2.24) is 30.2 Å². The highest BCUT2D eigenvalue weighted by molar-refractivity contribution is 6.07. The van der Waals surface area contributed by atoms with Gasteiger partial charge in [-0.25, -0.2) is 24.2 Å². The van der Waals surface area contributed by atoms with E-state index in [4.69, 9.17) is 28.8 Å². The van der Waals surface area contributed by atoms with E-state index in [0.717, 1.165) is 55.4 Å². The van der Waals surface area contributed by atoms with Crippen molar-refractivity contribution in [3.05, 3.63) is 90.1 Å². The number of ether oxygens (including phenoxy) is 5. The number of piperidine rings is 1. The van der Waals surface area contributed by atoms with Gasteiger partial charge in [-0.15, -0.1) is 0 Å². The maximum absolute atomic E-state index is 14.9. The smallest absolute Gasteiger partial charge is 0.413 e. The lowest BCUT2D eigenvalue weighted by molar-refractivity contribution is -0.143. The van der Waals surface area contributed by atoms with Gasteiger partial charge in [0.05, 0.1) is 45.2 Å². The quantitative estimate of drug-likeness (QED) is 0.115. The summed E-state index contributed by atoms with van der Waals surface area (Å²) >= 11 is 0. The number of halogens is 1. The fourth-order valence-electron chi connectivity index (χ4n) is 9.25. The molecule has 4 aliphatic rings. The Morgan fingerprint density at radius 2 is 1.59 bits per heavy atom. The van der Waals surface area contributed by atoms with Crippen LogP contribution in [-0.2, 0) is 16.0 Å². The molecule has 3 atom stereocenters. The molecule has 0 bridgehead atoms. The van der Waals surface area contributed by atoms with Crippen molar-refractivity contribution in [3.63, 3.8) is 0 Å². The maximum Gasteiger partial charge on any atom is 0.413 e. The predicted molar refractivity (Wildman–Crippen MR) is 235 cm³/mol. The molecule has 5 aromatic rings. The third-order valence-corrected chi connectivity index (χ3v) is 12.9. The SMILES string of the molecule is COc1cc(-c2ncnc3c(OC(=O)N[C@H](Cc4ccccc4)C(=O)N4CCC(N5N=C(c6ccc(OC)c(OC)c6)[C@H]6CCCC[C@H]6C5=O)CC4)c[nH]c23)c(OCC2CC2)cc1F. The Kier molecular flexibility index (Phi) is 12.3. The van der Waals surface area contributed by atoms with E-state index in [1.807, 2.05) is 48.5 Å². The Hall–Kier alpha value is -6.71. The van der Waals surface area contributed by atoms with Gasteiger partial charge in [0, 0.05) is 54.7 Å². The molecule has 3 aromatic carbocycles. The summed E-state index contributed by atoms with van der Waals surface area (Å²) in [5.74, 6) is 1.14. The summed E-state index contributed by atoms with van der Waals surface area (Å²) < 4.78 is 43.1. The highest BCUT2D eigenvalue weighted by atomic mass is 19.1. The van der Waals surface area contributed by atoms with Crippen LogP contribution < -0.4 is 29.0 Å². The van der Waals surface area contributed by atoms with E-state index in [0.29, 0.717) is 78.0 Å². The molecular weight excluding hydrogens is 822 g/mol. The van der Waals surface area contributed by atoms with Gasteiger partial charge in [0.2, 0.25) is 11.8 Å². The van der Waals surface area contributed by atoms with Crippen molar-refractivity contribution < 1.29 is 42.5 Å². The minimum absolute atomic E-state index is 0.0172. The molecule has 334 valence electrons. The summed E-state index contributed by atoms with van der Waals surface area (Å²) in [4.78, 5) is 56.0. The number of H-pyrrole nitrogens is 1. The van der Waals surface area contributed by atoms with Gasteiger partial charge in [0.15, 0.2) is 28.8 Å². The lowest BCUT2D eigenvalue weighted by atomic mass is 9.73. The number of nitrogens with one attached hydrogen (secondary N) is 2. The molecule has 15 nitrogen and oxygen atoms in total. The van der Waals surface area contributed by atoms with Crippen LogP contribution in [-0.4, -0.2) is 102 Å². The van der Waals surface area contributed by atoms with E-state index < -0.39 is 18.0 Å². The fourth-order valence-corrected chi connectivity index (χ4v) is 9.25. The van der Waals surface area contributed by atoms with E-state index in [1.165, 1.54) is 31.8 Å². The first kappa shape index (κ1) is 42.6. The van der Waals surface area contributed by atoms with Gasteiger partial charge in [-0.1, -0.05) is 43.2 Å². The molecule has 9 rings (SSSR count). The van der Waals surface area contributed by atoms with Crippen molar-refractivity contribution in [3.8, 4) is 40.0 Å². The second kappa shape index (κ2) is 18.6. The number of methoxy groups -OCH3 is 3. The number of hydrogen-bond acceptors (Lipinski definition) is 11. The number of aromatic nitrogens is 3. The second-order valence-electron chi connectivity index (χ2n) is 16.9. The van der Waals surface area contributed by atoms with Gasteiger partial charge in [-0.3, -0.25) is 9.59 Å². The topological polar surface area (TPSA) is 170 Å². The Balaban J connectivity index is 0.915. The molecule has 1 saturated heterocycles. The summed E-state index contributed by atoms with van der Waals surface area (Å²) in [6, 6.07) is 16.9. The van der Waals surface area contributed by atoms with E-state index in [2.05, 4.69) is 20.3 Å². The summed E-state index contributed by atoms with van der Waals surface area (Å²) in [5, 5.41) is 9.59. The van der Waals surface area contributed by atoms with Gasteiger partial charge in [0.1, 0.15) is 29.3 Å². The largest absolute Gasteiger partial charge is 0.494 e. The van der Waals surface area contributed by atoms with Crippen molar-refractivity contribution in [2.24, 2.45) is 22.9 Å². The van der Waals surface area contributed by atoms with Crippen molar-refractivity contribution in [2.45, 2.75) is 69.9 Å².